The van der Waals surface area contributed by atoms with Crippen LogP contribution >= 0.6 is 31.9 Å². The van der Waals surface area contributed by atoms with Gasteiger partial charge in [-0.15, -0.1) is 0 Å². The minimum absolute atomic E-state index is 0.109. The van der Waals surface area contributed by atoms with Crippen molar-refractivity contribution in [2.45, 2.75) is 30.0 Å². The van der Waals surface area contributed by atoms with Crippen molar-refractivity contribution in [1.82, 2.24) is 0 Å². The summed E-state index contributed by atoms with van der Waals surface area (Å²) in [5.74, 6) is 0.144. The lowest BCUT2D eigenvalue weighted by molar-refractivity contribution is -0.111. The summed E-state index contributed by atoms with van der Waals surface area (Å²) < 4.78 is 0.109. The Balaban J connectivity index is 2.60. The van der Waals surface area contributed by atoms with Crippen molar-refractivity contribution in [3.05, 3.63) is 0 Å². The summed E-state index contributed by atoms with van der Waals surface area (Å²) in [7, 11) is 0. The Morgan fingerprint density at radius 3 is 2.36 bits per heavy atom. The van der Waals surface area contributed by atoms with Gasteiger partial charge in [0.05, 0.1) is 0 Å². The molecule has 3 heteroatoms. The van der Waals surface area contributed by atoms with Gasteiger partial charge in [-0.05, 0) is 12.8 Å². The molecule has 0 heterocycles. The van der Waals surface area contributed by atoms with Crippen molar-refractivity contribution in [2.24, 2.45) is 5.92 Å². The van der Waals surface area contributed by atoms with Gasteiger partial charge in [-0.2, -0.15) is 0 Å². The van der Waals surface area contributed by atoms with E-state index in [4.69, 9.17) is 0 Å². The zero-order valence-electron chi connectivity index (χ0n) is 6.35. The first-order valence-corrected chi connectivity index (χ1v) is 5.84. The molecule has 0 saturated heterocycles. The van der Waals surface area contributed by atoms with Gasteiger partial charge in [0.1, 0.15) is 6.29 Å². The maximum Gasteiger partial charge on any atom is 0.125 e. The molecule has 1 saturated carbocycles. The van der Waals surface area contributed by atoms with Crippen molar-refractivity contribution in [1.29, 1.82) is 0 Å². The van der Waals surface area contributed by atoms with Crippen LogP contribution in [0.2, 0.25) is 0 Å². The Hall–Kier alpha value is 0.630. The summed E-state index contributed by atoms with van der Waals surface area (Å²) in [5.41, 5.74) is 0. The minimum Gasteiger partial charge on any atom is -0.303 e. The van der Waals surface area contributed by atoms with Crippen LogP contribution < -0.4 is 0 Å². The van der Waals surface area contributed by atoms with Gasteiger partial charge in [-0.25, -0.2) is 0 Å². The first-order valence-electron chi connectivity index (χ1n) is 3.93. The van der Waals surface area contributed by atoms with Crippen molar-refractivity contribution in [2.75, 3.05) is 5.33 Å². The van der Waals surface area contributed by atoms with Crippen LogP contribution in [-0.2, 0) is 4.79 Å². The van der Waals surface area contributed by atoms with Crippen molar-refractivity contribution in [3.63, 3.8) is 0 Å². The fourth-order valence-electron chi connectivity index (χ4n) is 1.63. The highest BCUT2D eigenvalue weighted by atomic mass is 79.9. The number of carbonyl (C=O) groups excluding carboxylic acids is 1. The van der Waals surface area contributed by atoms with Gasteiger partial charge in [0.25, 0.3) is 0 Å². The lowest BCUT2D eigenvalue weighted by Crippen LogP contribution is -2.30. The van der Waals surface area contributed by atoms with Crippen LogP contribution in [-0.4, -0.2) is 15.9 Å². The van der Waals surface area contributed by atoms with Crippen LogP contribution in [0.4, 0.5) is 0 Å². The van der Waals surface area contributed by atoms with E-state index in [-0.39, 0.29) is 10.2 Å². The van der Waals surface area contributed by atoms with E-state index in [2.05, 4.69) is 31.9 Å². The van der Waals surface area contributed by atoms with Gasteiger partial charge in [0, 0.05) is 15.6 Å². The van der Waals surface area contributed by atoms with Crippen LogP contribution in [0.3, 0.4) is 0 Å². The number of aldehydes is 1. The number of hydrogen-bond donors (Lipinski definition) is 0. The normalized spacial score (nSPS) is 24.9. The maximum absolute atomic E-state index is 10.7. The zero-order valence-corrected chi connectivity index (χ0v) is 9.53. The van der Waals surface area contributed by atoms with E-state index >= 15 is 0 Å². The summed E-state index contributed by atoms with van der Waals surface area (Å²) in [4.78, 5) is 10.7. The van der Waals surface area contributed by atoms with E-state index in [9.17, 15) is 4.79 Å². The van der Waals surface area contributed by atoms with Crippen LogP contribution in [0, 0.1) is 5.92 Å². The number of halogens is 2. The quantitative estimate of drug-likeness (QED) is 0.575. The molecule has 0 aliphatic heterocycles. The molecule has 1 rings (SSSR count). The lowest BCUT2D eigenvalue weighted by atomic mass is 9.94. The number of carbonyl (C=O) groups is 1. The molecule has 1 nitrogen and oxygen atoms in total. The molecule has 1 aliphatic rings. The fourth-order valence-corrected chi connectivity index (χ4v) is 3.67. The molecule has 1 unspecified atom stereocenters. The summed E-state index contributed by atoms with van der Waals surface area (Å²) in [6.45, 7) is 0. The molecular formula is C8H12Br2O. The van der Waals surface area contributed by atoms with Gasteiger partial charge in [-0.3, -0.25) is 0 Å². The average Bonchev–Trinajstić information content (AvgIpc) is 2.39. The third-order valence-electron chi connectivity index (χ3n) is 2.43. The van der Waals surface area contributed by atoms with Crippen LogP contribution in [0.25, 0.3) is 0 Å². The summed E-state index contributed by atoms with van der Waals surface area (Å²) in [6, 6.07) is 0. The predicted molar refractivity (Wildman–Crippen MR) is 53.5 cm³/mol. The van der Waals surface area contributed by atoms with Crippen LogP contribution in [0.1, 0.15) is 25.7 Å². The van der Waals surface area contributed by atoms with Gasteiger partial charge < -0.3 is 4.79 Å². The molecule has 64 valence electrons. The Labute approximate surface area is 84.2 Å². The molecule has 0 radical (unpaired) electrons. The third kappa shape index (κ3) is 2.05. The monoisotopic (exact) mass is 282 g/mol. The highest BCUT2D eigenvalue weighted by Gasteiger charge is 2.37. The molecule has 0 N–H and O–H groups in total. The second-order valence-electron chi connectivity index (χ2n) is 3.14. The first kappa shape index (κ1) is 9.72. The zero-order chi connectivity index (χ0) is 8.32. The standard InChI is InChI=1S/C8H12Br2O/c9-5-7(6-11)8(10)3-1-2-4-8/h6-7H,1-5H2. The van der Waals surface area contributed by atoms with Crippen molar-refractivity contribution in [3.8, 4) is 0 Å². The SMILES string of the molecule is O=CC(CBr)C1(Br)CCCC1. The minimum atomic E-state index is 0.109. The van der Waals surface area contributed by atoms with E-state index in [1.807, 2.05) is 0 Å². The smallest absolute Gasteiger partial charge is 0.125 e. The molecule has 0 amide bonds. The first-order chi connectivity index (χ1) is 5.23. The number of alkyl halides is 2. The van der Waals surface area contributed by atoms with E-state index in [1.54, 1.807) is 0 Å². The largest absolute Gasteiger partial charge is 0.303 e. The Morgan fingerprint density at radius 2 is 2.00 bits per heavy atom. The molecule has 1 aliphatic carbocycles. The Morgan fingerprint density at radius 1 is 1.45 bits per heavy atom. The topological polar surface area (TPSA) is 17.1 Å². The molecule has 0 spiro atoms. The highest BCUT2D eigenvalue weighted by molar-refractivity contribution is 9.10. The predicted octanol–water partition coefficient (Wildman–Crippen LogP) is 2.90. The molecule has 1 atom stereocenters. The second-order valence-corrected chi connectivity index (χ2v) is 5.37. The van der Waals surface area contributed by atoms with E-state index in [0.717, 1.165) is 24.5 Å². The third-order valence-corrected chi connectivity index (χ3v) is 4.51. The Bertz CT molecular complexity index is 141. The van der Waals surface area contributed by atoms with Crippen molar-refractivity contribution < 1.29 is 4.79 Å². The molecule has 0 aromatic carbocycles. The van der Waals surface area contributed by atoms with Gasteiger partial charge in [0.15, 0.2) is 0 Å². The summed E-state index contributed by atoms with van der Waals surface area (Å²) in [5, 5.41) is 0.780. The molecule has 0 aromatic rings. The lowest BCUT2D eigenvalue weighted by Gasteiger charge is -2.26. The Kier molecular flexibility index (Phi) is 3.56. The molecule has 1 fully saturated rings. The number of rotatable bonds is 3. The molecule has 0 bridgehead atoms. The highest BCUT2D eigenvalue weighted by Crippen LogP contribution is 2.43. The summed E-state index contributed by atoms with van der Waals surface area (Å²) >= 11 is 7.03. The van der Waals surface area contributed by atoms with Crippen LogP contribution in [0.5, 0.6) is 0 Å². The van der Waals surface area contributed by atoms with E-state index in [1.165, 1.54) is 12.8 Å². The maximum atomic E-state index is 10.7. The van der Waals surface area contributed by atoms with E-state index < -0.39 is 0 Å². The van der Waals surface area contributed by atoms with Gasteiger partial charge in [-0.1, -0.05) is 44.7 Å². The summed E-state index contributed by atoms with van der Waals surface area (Å²) in [6.07, 6.45) is 5.85. The molecule has 11 heavy (non-hydrogen) atoms. The molecular weight excluding hydrogens is 272 g/mol. The number of hydrogen-bond acceptors (Lipinski definition) is 1. The molecule has 0 aromatic heterocycles. The van der Waals surface area contributed by atoms with E-state index in [0.29, 0.717) is 0 Å². The fraction of sp³-hybridized carbons (Fsp3) is 0.875. The van der Waals surface area contributed by atoms with Crippen molar-refractivity contribution >= 4 is 38.1 Å². The second kappa shape index (κ2) is 4.04. The van der Waals surface area contributed by atoms with Gasteiger partial charge >= 0.3 is 0 Å². The average molecular weight is 284 g/mol. The van der Waals surface area contributed by atoms with Gasteiger partial charge in [0.2, 0.25) is 0 Å². The van der Waals surface area contributed by atoms with Crippen LogP contribution in [0.15, 0.2) is 0 Å².